The lowest BCUT2D eigenvalue weighted by Gasteiger charge is -2.36. The molecule has 0 amide bonds. The van der Waals surface area contributed by atoms with E-state index in [1.807, 2.05) is 0 Å². The summed E-state index contributed by atoms with van der Waals surface area (Å²) >= 11 is 0. The number of rotatable bonds is 4. The summed E-state index contributed by atoms with van der Waals surface area (Å²) in [5.74, 6) is 0. The molecule has 0 spiro atoms. The quantitative estimate of drug-likeness (QED) is 0.847. The average molecular weight is 353 g/mol. The molecule has 1 aromatic heterocycles. The van der Waals surface area contributed by atoms with Gasteiger partial charge in [0, 0.05) is 17.4 Å². The summed E-state index contributed by atoms with van der Waals surface area (Å²) < 4.78 is 8.65. The molecule has 1 aromatic carbocycles. The summed E-state index contributed by atoms with van der Waals surface area (Å²) in [4.78, 5) is 0. The molecule has 1 atom stereocenters. The molecule has 3 nitrogen and oxygen atoms in total. The van der Waals surface area contributed by atoms with Gasteiger partial charge in [-0.05, 0) is 45.0 Å². The minimum Gasteiger partial charge on any atom is -0.367 e. The number of benzene rings is 1. The molecule has 1 aliphatic heterocycles. The molecule has 0 saturated heterocycles. The Kier molecular flexibility index (Phi) is 5.12. The van der Waals surface area contributed by atoms with Crippen LogP contribution in [0.25, 0.3) is 10.9 Å². The molecular formula is C17H25BrN2O. The fourth-order valence-electron chi connectivity index (χ4n) is 3.52. The van der Waals surface area contributed by atoms with Crippen molar-refractivity contribution < 1.29 is 4.74 Å². The highest BCUT2D eigenvalue weighted by atomic mass is 79.9. The van der Waals surface area contributed by atoms with Crippen molar-refractivity contribution in [1.82, 2.24) is 9.88 Å². The Labute approximate surface area is 137 Å². The number of aryl methyl sites for hydroxylation is 1. The molecule has 0 aliphatic carbocycles. The molecule has 0 bridgehead atoms. The predicted molar refractivity (Wildman–Crippen MR) is 93.5 cm³/mol. The number of hydrogen-bond acceptors (Lipinski definition) is 2. The first kappa shape index (κ1) is 16.5. The second-order valence-electron chi connectivity index (χ2n) is 5.83. The van der Waals surface area contributed by atoms with Crippen molar-refractivity contribution in [3.05, 3.63) is 35.5 Å². The van der Waals surface area contributed by atoms with Gasteiger partial charge in [0.1, 0.15) is 5.60 Å². The van der Waals surface area contributed by atoms with E-state index in [9.17, 15) is 0 Å². The van der Waals surface area contributed by atoms with Crippen LogP contribution in [0.4, 0.5) is 0 Å². The zero-order chi connectivity index (χ0) is 14.2. The van der Waals surface area contributed by atoms with E-state index < -0.39 is 0 Å². The molecule has 3 rings (SSSR count). The van der Waals surface area contributed by atoms with E-state index in [4.69, 9.17) is 4.74 Å². The van der Waals surface area contributed by atoms with E-state index in [0.717, 1.165) is 32.7 Å². The first-order chi connectivity index (χ1) is 9.67. The molecule has 0 saturated carbocycles. The zero-order valence-electron chi connectivity index (χ0n) is 13.1. The fourth-order valence-corrected chi connectivity index (χ4v) is 3.52. The zero-order valence-corrected chi connectivity index (χ0v) is 14.8. The normalized spacial score (nSPS) is 21.1. The van der Waals surface area contributed by atoms with E-state index in [1.165, 1.54) is 22.2 Å². The van der Waals surface area contributed by atoms with E-state index in [0.29, 0.717) is 0 Å². The van der Waals surface area contributed by atoms with E-state index in [-0.39, 0.29) is 22.6 Å². The minimum atomic E-state index is -0.177. The Hall–Kier alpha value is -0.840. The molecular weight excluding hydrogens is 328 g/mol. The summed E-state index contributed by atoms with van der Waals surface area (Å²) in [6.45, 7) is 10.4. The highest BCUT2D eigenvalue weighted by Crippen LogP contribution is 2.39. The smallest absolute Gasteiger partial charge is 0.107 e. The molecule has 0 fully saturated rings. The monoisotopic (exact) mass is 352 g/mol. The maximum Gasteiger partial charge on any atom is 0.107 e. The summed E-state index contributed by atoms with van der Waals surface area (Å²) in [5.41, 5.74) is 3.91. The largest absolute Gasteiger partial charge is 0.367 e. The van der Waals surface area contributed by atoms with E-state index >= 15 is 0 Å². The second kappa shape index (κ2) is 6.51. The lowest BCUT2D eigenvalue weighted by atomic mass is 9.93. The van der Waals surface area contributed by atoms with E-state index in [1.54, 1.807) is 0 Å². The van der Waals surface area contributed by atoms with Crippen molar-refractivity contribution in [3.63, 3.8) is 0 Å². The maximum atomic E-state index is 6.19. The van der Waals surface area contributed by atoms with Crippen LogP contribution in [0, 0.1) is 6.92 Å². The van der Waals surface area contributed by atoms with Crippen LogP contribution in [0.1, 0.15) is 31.5 Å². The topological polar surface area (TPSA) is 26.2 Å². The van der Waals surface area contributed by atoms with Crippen LogP contribution < -0.4 is 5.32 Å². The predicted octanol–water partition coefficient (Wildman–Crippen LogP) is 3.77. The molecule has 0 radical (unpaired) electrons. The Bertz CT molecular complexity index is 623. The number of hydrogen-bond donors (Lipinski definition) is 1. The van der Waals surface area contributed by atoms with Crippen molar-refractivity contribution in [2.75, 3.05) is 19.7 Å². The van der Waals surface area contributed by atoms with Gasteiger partial charge in [0.2, 0.25) is 0 Å². The van der Waals surface area contributed by atoms with Crippen LogP contribution in [-0.4, -0.2) is 24.3 Å². The van der Waals surface area contributed by atoms with Crippen LogP contribution in [0.5, 0.6) is 0 Å². The number of fused-ring (bicyclic) bond motifs is 3. The van der Waals surface area contributed by atoms with Crippen LogP contribution in [-0.2, 0) is 16.9 Å². The van der Waals surface area contributed by atoms with Gasteiger partial charge in [0.15, 0.2) is 0 Å². The number of ether oxygens (including phenoxy) is 1. The van der Waals surface area contributed by atoms with Crippen molar-refractivity contribution in [2.24, 2.45) is 0 Å². The number of aromatic nitrogens is 1. The third-order valence-corrected chi connectivity index (χ3v) is 4.49. The highest BCUT2D eigenvalue weighted by Gasteiger charge is 2.36. The second-order valence-corrected chi connectivity index (χ2v) is 5.83. The summed E-state index contributed by atoms with van der Waals surface area (Å²) in [7, 11) is 0. The number of para-hydroxylation sites is 1. The number of nitrogens with zero attached hydrogens (tertiary/aromatic N) is 1. The van der Waals surface area contributed by atoms with Crippen molar-refractivity contribution in [1.29, 1.82) is 0 Å². The molecule has 1 aliphatic rings. The van der Waals surface area contributed by atoms with Gasteiger partial charge >= 0.3 is 0 Å². The standard InChI is InChI=1S/C17H24N2O.BrH/c1-4-18-10-9-17(3)16-13(2)14-7-5-6-8-15(14)19(16)11-12-20-17;/h5-8,18H,4,9-12H2,1-3H3;1H. The van der Waals surface area contributed by atoms with E-state index in [2.05, 4.69) is 54.9 Å². The van der Waals surface area contributed by atoms with Gasteiger partial charge in [0.05, 0.1) is 12.3 Å². The maximum absolute atomic E-state index is 6.19. The van der Waals surface area contributed by atoms with Crippen molar-refractivity contribution in [3.8, 4) is 0 Å². The molecule has 21 heavy (non-hydrogen) atoms. The van der Waals surface area contributed by atoms with Crippen LogP contribution in [0.3, 0.4) is 0 Å². The van der Waals surface area contributed by atoms with Crippen molar-refractivity contribution >= 4 is 27.9 Å². The number of halogens is 1. The van der Waals surface area contributed by atoms with Gasteiger partial charge in [-0.25, -0.2) is 0 Å². The summed E-state index contributed by atoms with van der Waals surface area (Å²) in [6, 6.07) is 8.70. The Balaban J connectivity index is 0.00000161. The van der Waals surface area contributed by atoms with Gasteiger partial charge in [0.25, 0.3) is 0 Å². The lowest BCUT2D eigenvalue weighted by Crippen LogP contribution is -2.38. The fraction of sp³-hybridized carbons (Fsp3) is 0.529. The molecule has 4 heteroatoms. The van der Waals surface area contributed by atoms with Gasteiger partial charge in [-0.1, -0.05) is 25.1 Å². The van der Waals surface area contributed by atoms with Gasteiger partial charge in [-0.2, -0.15) is 0 Å². The Morgan fingerprint density at radius 1 is 1.33 bits per heavy atom. The highest BCUT2D eigenvalue weighted by molar-refractivity contribution is 8.93. The van der Waals surface area contributed by atoms with Gasteiger partial charge in [-0.15, -0.1) is 17.0 Å². The summed E-state index contributed by atoms with van der Waals surface area (Å²) in [6.07, 6.45) is 1.01. The number of nitrogens with one attached hydrogen (secondary N) is 1. The molecule has 116 valence electrons. The van der Waals surface area contributed by atoms with Gasteiger partial charge in [-0.3, -0.25) is 0 Å². The summed E-state index contributed by atoms with van der Waals surface area (Å²) in [5, 5.41) is 4.78. The SMILES string of the molecule is Br.CCNCCC1(C)OCCn2c1c(C)c1ccccc12. The Morgan fingerprint density at radius 2 is 2.10 bits per heavy atom. The first-order valence-electron chi connectivity index (χ1n) is 7.60. The van der Waals surface area contributed by atoms with Crippen LogP contribution in [0.15, 0.2) is 24.3 Å². The average Bonchev–Trinajstić information content (AvgIpc) is 2.75. The lowest BCUT2D eigenvalue weighted by molar-refractivity contribution is -0.0688. The minimum absolute atomic E-state index is 0. The van der Waals surface area contributed by atoms with Crippen molar-refractivity contribution in [2.45, 2.75) is 39.3 Å². The van der Waals surface area contributed by atoms with Crippen LogP contribution >= 0.6 is 17.0 Å². The first-order valence-corrected chi connectivity index (χ1v) is 7.60. The third kappa shape index (κ3) is 2.77. The van der Waals surface area contributed by atoms with Crippen LogP contribution in [0.2, 0.25) is 0 Å². The molecule has 1 unspecified atom stereocenters. The Morgan fingerprint density at radius 3 is 2.86 bits per heavy atom. The third-order valence-electron chi connectivity index (χ3n) is 4.49. The molecule has 2 aromatic rings. The molecule has 1 N–H and O–H groups in total. The van der Waals surface area contributed by atoms with Gasteiger partial charge < -0.3 is 14.6 Å². The molecule has 2 heterocycles.